The van der Waals surface area contributed by atoms with Gasteiger partial charge in [-0.05, 0) is 31.4 Å². The predicted octanol–water partition coefficient (Wildman–Crippen LogP) is 2.65. The molecule has 1 unspecified atom stereocenters. The number of rotatable bonds is 7. The first-order valence-electron chi connectivity index (χ1n) is 6.54. The first-order valence-corrected chi connectivity index (χ1v) is 6.54. The Labute approximate surface area is 103 Å². The summed E-state index contributed by atoms with van der Waals surface area (Å²) in [7, 11) is 0. The van der Waals surface area contributed by atoms with Gasteiger partial charge in [0.2, 0.25) is 0 Å². The average Bonchev–Trinajstić information content (AvgIpc) is 3.07. The summed E-state index contributed by atoms with van der Waals surface area (Å²) in [6, 6.07) is 4.65. The van der Waals surface area contributed by atoms with Crippen LogP contribution in [0.2, 0.25) is 0 Å². The van der Waals surface area contributed by atoms with Gasteiger partial charge in [-0.25, -0.2) is 0 Å². The molecule has 96 valence electrons. The Hall–Kier alpha value is -0.800. The molecular weight excluding hydrogens is 214 g/mol. The first-order chi connectivity index (χ1) is 8.17. The molecular formula is C14H23NO2. The quantitative estimate of drug-likeness (QED) is 0.792. The van der Waals surface area contributed by atoms with Crippen molar-refractivity contribution in [3.63, 3.8) is 0 Å². The van der Waals surface area contributed by atoms with Crippen molar-refractivity contribution in [2.45, 2.75) is 45.7 Å². The highest BCUT2D eigenvalue weighted by Crippen LogP contribution is 2.32. The summed E-state index contributed by atoms with van der Waals surface area (Å²) >= 11 is 0. The zero-order valence-corrected chi connectivity index (χ0v) is 10.9. The molecule has 2 rings (SSSR count). The van der Waals surface area contributed by atoms with Crippen molar-refractivity contribution in [3.8, 4) is 0 Å². The van der Waals surface area contributed by atoms with Gasteiger partial charge in [0, 0.05) is 24.6 Å². The lowest BCUT2D eigenvalue weighted by molar-refractivity contribution is 0.0738. The number of aliphatic hydroxyl groups excluding tert-OH is 1. The Morgan fingerprint density at radius 1 is 1.53 bits per heavy atom. The minimum absolute atomic E-state index is 0.00911. The summed E-state index contributed by atoms with van der Waals surface area (Å²) in [6.07, 6.45) is 5.30. The van der Waals surface area contributed by atoms with Gasteiger partial charge in [0.15, 0.2) is 0 Å². The molecule has 0 spiro atoms. The molecule has 3 heteroatoms. The molecule has 0 amide bonds. The summed E-state index contributed by atoms with van der Waals surface area (Å²) in [5, 5.41) is 9.51. The van der Waals surface area contributed by atoms with Gasteiger partial charge >= 0.3 is 0 Å². The highest BCUT2D eigenvalue weighted by molar-refractivity contribution is 5.00. The smallest absolute Gasteiger partial charge is 0.117 e. The van der Waals surface area contributed by atoms with E-state index in [2.05, 4.69) is 18.7 Å². The minimum Gasteiger partial charge on any atom is -0.468 e. The maximum Gasteiger partial charge on any atom is 0.117 e. The van der Waals surface area contributed by atoms with Gasteiger partial charge in [-0.15, -0.1) is 0 Å². The van der Waals surface area contributed by atoms with Crippen LogP contribution in [-0.2, 0) is 6.54 Å². The number of nitrogens with zero attached hydrogens (tertiary/aromatic N) is 1. The fourth-order valence-corrected chi connectivity index (χ4v) is 2.12. The van der Waals surface area contributed by atoms with E-state index < -0.39 is 0 Å². The molecule has 1 saturated carbocycles. The van der Waals surface area contributed by atoms with Crippen LogP contribution in [0, 0.1) is 5.41 Å². The lowest BCUT2D eigenvalue weighted by atomic mass is 9.88. The van der Waals surface area contributed by atoms with Gasteiger partial charge in [0.05, 0.1) is 12.8 Å². The normalized spacial score (nSPS) is 19.5. The highest BCUT2D eigenvalue weighted by atomic mass is 16.3. The van der Waals surface area contributed by atoms with Crippen molar-refractivity contribution in [1.29, 1.82) is 0 Å². The van der Waals surface area contributed by atoms with Crippen LogP contribution in [0.1, 0.15) is 38.9 Å². The molecule has 3 nitrogen and oxygen atoms in total. The fourth-order valence-electron chi connectivity index (χ4n) is 2.12. The van der Waals surface area contributed by atoms with Gasteiger partial charge in [-0.3, -0.25) is 4.90 Å². The van der Waals surface area contributed by atoms with Crippen molar-refractivity contribution in [1.82, 2.24) is 4.90 Å². The van der Waals surface area contributed by atoms with E-state index in [-0.39, 0.29) is 12.0 Å². The molecule has 17 heavy (non-hydrogen) atoms. The van der Waals surface area contributed by atoms with E-state index >= 15 is 0 Å². The Kier molecular flexibility index (Phi) is 3.89. The molecule has 0 bridgehead atoms. The molecule has 1 atom stereocenters. The van der Waals surface area contributed by atoms with E-state index in [1.54, 1.807) is 6.26 Å². The summed E-state index contributed by atoms with van der Waals surface area (Å²) in [6.45, 7) is 6.38. The van der Waals surface area contributed by atoms with Crippen molar-refractivity contribution < 1.29 is 9.52 Å². The summed E-state index contributed by atoms with van der Waals surface area (Å²) in [5.74, 6) is 1.02. The first kappa shape index (κ1) is 12.7. The zero-order valence-electron chi connectivity index (χ0n) is 10.9. The second-order valence-electron chi connectivity index (χ2n) is 5.54. The topological polar surface area (TPSA) is 36.6 Å². The Morgan fingerprint density at radius 2 is 2.29 bits per heavy atom. The second-order valence-corrected chi connectivity index (χ2v) is 5.54. The molecule has 1 aromatic heterocycles. The lowest BCUT2D eigenvalue weighted by Crippen LogP contribution is -2.38. The van der Waals surface area contributed by atoms with Gasteiger partial charge in [0.1, 0.15) is 5.76 Å². The maximum absolute atomic E-state index is 9.51. The number of furan rings is 1. The van der Waals surface area contributed by atoms with Crippen molar-refractivity contribution in [2.24, 2.45) is 5.41 Å². The Balaban J connectivity index is 1.97. The van der Waals surface area contributed by atoms with E-state index in [9.17, 15) is 5.11 Å². The summed E-state index contributed by atoms with van der Waals surface area (Å²) < 4.78 is 5.42. The zero-order chi connectivity index (χ0) is 12.3. The number of aliphatic hydroxyl groups is 1. The third kappa shape index (κ3) is 3.33. The number of hydrogen-bond donors (Lipinski definition) is 1. The average molecular weight is 237 g/mol. The van der Waals surface area contributed by atoms with Gasteiger partial charge < -0.3 is 9.52 Å². The van der Waals surface area contributed by atoms with Crippen LogP contribution >= 0.6 is 0 Å². The molecule has 1 aromatic rings. The van der Waals surface area contributed by atoms with Crippen LogP contribution < -0.4 is 0 Å². The lowest BCUT2D eigenvalue weighted by Gasteiger charge is -2.33. The third-order valence-electron chi connectivity index (χ3n) is 3.82. The van der Waals surface area contributed by atoms with Crippen molar-refractivity contribution in [3.05, 3.63) is 24.2 Å². The van der Waals surface area contributed by atoms with Gasteiger partial charge in [-0.1, -0.05) is 13.8 Å². The maximum atomic E-state index is 9.51. The Bertz CT molecular complexity index is 326. The standard InChI is InChI=1S/C14H23NO2/c1-3-14(2,11-16)10-15(12-6-7-12)9-13-5-4-8-17-13/h4-5,8,12,16H,3,6-7,9-11H2,1-2H3. The molecule has 0 radical (unpaired) electrons. The molecule has 0 saturated heterocycles. The second kappa shape index (κ2) is 5.23. The SMILES string of the molecule is CCC(C)(CO)CN(Cc1ccco1)C1CC1. The van der Waals surface area contributed by atoms with Crippen molar-refractivity contribution >= 4 is 0 Å². The third-order valence-corrected chi connectivity index (χ3v) is 3.82. The summed E-state index contributed by atoms with van der Waals surface area (Å²) in [4.78, 5) is 2.46. The van der Waals surface area contributed by atoms with Crippen LogP contribution in [0.4, 0.5) is 0 Å². The number of hydrogen-bond acceptors (Lipinski definition) is 3. The molecule has 1 fully saturated rings. The fraction of sp³-hybridized carbons (Fsp3) is 0.714. The van der Waals surface area contributed by atoms with E-state index in [4.69, 9.17) is 4.42 Å². The van der Waals surface area contributed by atoms with Gasteiger partial charge in [-0.2, -0.15) is 0 Å². The van der Waals surface area contributed by atoms with E-state index in [1.165, 1.54) is 12.8 Å². The minimum atomic E-state index is 0.00911. The van der Waals surface area contributed by atoms with E-state index in [0.29, 0.717) is 6.04 Å². The Morgan fingerprint density at radius 3 is 2.76 bits per heavy atom. The van der Waals surface area contributed by atoms with Crippen LogP contribution in [-0.4, -0.2) is 29.2 Å². The van der Waals surface area contributed by atoms with E-state index in [0.717, 1.165) is 25.3 Å². The van der Waals surface area contributed by atoms with E-state index in [1.807, 2.05) is 12.1 Å². The van der Waals surface area contributed by atoms with Crippen LogP contribution in [0.3, 0.4) is 0 Å². The van der Waals surface area contributed by atoms with Crippen LogP contribution in [0.15, 0.2) is 22.8 Å². The molecule has 1 N–H and O–H groups in total. The molecule has 0 aliphatic heterocycles. The summed E-state index contributed by atoms with van der Waals surface area (Å²) in [5.41, 5.74) is 0.00911. The molecule has 1 heterocycles. The molecule has 1 aliphatic carbocycles. The van der Waals surface area contributed by atoms with Crippen LogP contribution in [0.25, 0.3) is 0 Å². The monoisotopic (exact) mass is 237 g/mol. The predicted molar refractivity (Wildman–Crippen MR) is 67.6 cm³/mol. The van der Waals surface area contributed by atoms with Crippen LogP contribution in [0.5, 0.6) is 0 Å². The molecule has 1 aliphatic rings. The largest absolute Gasteiger partial charge is 0.468 e. The van der Waals surface area contributed by atoms with Crippen molar-refractivity contribution in [2.75, 3.05) is 13.2 Å². The van der Waals surface area contributed by atoms with Gasteiger partial charge in [0.25, 0.3) is 0 Å². The highest BCUT2D eigenvalue weighted by Gasteiger charge is 2.34. The molecule has 0 aromatic carbocycles.